The quantitative estimate of drug-likeness (QED) is 0.861. The minimum atomic E-state index is -2.50. The van der Waals surface area contributed by atoms with Gasteiger partial charge in [0.05, 0.1) is 17.4 Å². The van der Waals surface area contributed by atoms with Crippen molar-refractivity contribution in [1.29, 1.82) is 5.26 Å². The molecule has 1 aliphatic heterocycles. The van der Waals surface area contributed by atoms with Crippen LogP contribution in [0.25, 0.3) is 0 Å². The number of rotatable bonds is 4. The van der Waals surface area contributed by atoms with E-state index in [9.17, 15) is 13.7 Å². The highest BCUT2D eigenvalue weighted by molar-refractivity contribution is 7.71. The maximum absolute atomic E-state index is 10.9. The highest BCUT2D eigenvalue weighted by Gasteiger charge is 2.22. The number of nitriles is 1. The number of likely N-dealkylation sites (tertiary alicyclic amines) is 1. The molecule has 0 bridgehead atoms. The van der Waals surface area contributed by atoms with Crippen LogP contribution in [0.4, 0.5) is 0 Å². The molecular formula is C15H20N2O2S. The maximum atomic E-state index is 10.9. The van der Waals surface area contributed by atoms with E-state index in [1.165, 1.54) is 0 Å². The van der Waals surface area contributed by atoms with Gasteiger partial charge in [-0.05, 0) is 49.5 Å². The fourth-order valence-corrected chi connectivity index (χ4v) is 3.47. The molecule has 0 unspecified atom stereocenters. The van der Waals surface area contributed by atoms with Crippen molar-refractivity contribution in [3.63, 3.8) is 0 Å². The van der Waals surface area contributed by atoms with Crippen LogP contribution in [0.15, 0.2) is 18.2 Å². The molecule has 1 heterocycles. The summed E-state index contributed by atoms with van der Waals surface area (Å²) in [5.74, 6) is 0.330. The molecule has 0 saturated carbocycles. The molecule has 1 aliphatic rings. The van der Waals surface area contributed by atoms with Gasteiger partial charge < -0.3 is 4.90 Å². The average molecular weight is 292 g/mol. The van der Waals surface area contributed by atoms with Gasteiger partial charge in [-0.1, -0.05) is 25.1 Å². The Balaban J connectivity index is 2.26. The highest BCUT2D eigenvalue weighted by atomic mass is 32.2. The standard InChI is InChI=1S/C15H20N2O2S/c1-2-17-8-6-12(7-9-17)14-5-3-4-13(11-20(18)19)15(14)10-16/h3-5,12,20H,2,6-9,11H2,1H3. The number of piperidine rings is 1. The number of hydrogen-bond acceptors (Lipinski definition) is 4. The van der Waals surface area contributed by atoms with Crippen molar-refractivity contribution in [2.45, 2.75) is 31.4 Å². The summed E-state index contributed by atoms with van der Waals surface area (Å²) in [7, 11) is -2.50. The maximum Gasteiger partial charge on any atom is 0.144 e. The monoisotopic (exact) mass is 292 g/mol. The molecule has 5 heteroatoms. The van der Waals surface area contributed by atoms with Crippen LogP contribution in [-0.4, -0.2) is 33.0 Å². The van der Waals surface area contributed by atoms with Gasteiger partial charge in [0, 0.05) is 0 Å². The topological polar surface area (TPSA) is 61.2 Å². The van der Waals surface area contributed by atoms with E-state index in [-0.39, 0.29) is 5.75 Å². The van der Waals surface area contributed by atoms with Crippen LogP contribution in [-0.2, 0) is 16.5 Å². The van der Waals surface area contributed by atoms with Crippen LogP contribution in [0, 0.1) is 11.3 Å². The highest BCUT2D eigenvalue weighted by Crippen LogP contribution is 2.31. The summed E-state index contributed by atoms with van der Waals surface area (Å²) in [4.78, 5) is 2.40. The Morgan fingerprint density at radius 3 is 2.60 bits per heavy atom. The van der Waals surface area contributed by atoms with Crippen molar-refractivity contribution in [3.8, 4) is 6.07 Å². The smallest absolute Gasteiger partial charge is 0.144 e. The van der Waals surface area contributed by atoms with E-state index in [2.05, 4.69) is 17.9 Å². The van der Waals surface area contributed by atoms with Gasteiger partial charge in [-0.2, -0.15) is 5.26 Å². The summed E-state index contributed by atoms with van der Waals surface area (Å²) in [5.41, 5.74) is 2.23. The molecule has 0 spiro atoms. The SMILES string of the molecule is CCN1CCC(c2cccc(C[SH](=O)=O)c2C#N)CC1. The zero-order chi connectivity index (χ0) is 14.5. The van der Waals surface area contributed by atoms with E-state index in [1.807, 2.05) is 12.1 Å². The third-order valence-electron chi connectivity index (χ3n) is 4.07. The molecule has 1 fully saturated rings. The van der Waals surface area contributed by atoms with E-state index in [1.54, 1.807) is 6.07 Å². The molecule has 0 aliphatic carbocycles. The molecule has 1 aromatic rings. The molecule has 1 saturated heterocycles. The first-order valence-electron chi connectivity index (χ1n) is 7.01. The summed E-state index contributed by atoms with van der Waals surface area (Å²) >= 11 is 0. The van der Waals surface area contributed by atoms with E-state index < -0.39 is 10.7 Å². The molecule has 0 aromatic heterocycles. The first kappa shape index (κ1) is 15.0. The lowest BCUT2D eigenvalue weighted by Gasteiger charge is -2.31. The zero-order valence-electron chi connectivity index (χ0n) is 11.7. The number of thiol groups is 1. The van der Waals surface area contributed by atoms with E-state index in [0.717, 1.165) is 38.0 Å². The van der Waals surface area contributed by atoms with Crippen LogP contribution in [0.5, 0.6) is 0 Å². The molecule has 0 atom stereocenters. The molecule has 1 aromatic carbocycles. The number of benzene rings is 1. The van der Waals surface area contributed by atoms with Crippen LogP contribution in [0.3, 0.4) is 0 Å². The van der Waals surface area contributed by atoms with E-state index in [4.69, 9.17) is 0 Å². The second-order valence-corrected chi connectivity index (χ2v) is 6.17. The fourth-order valence-electron chi connectivity index (χ4n) is 2.93. The third-order valence-corrected chi connectivity index (χ3v) is 4.67. The Morgan fingerprint density at radius 2 is 2.05 bits per heavy atom. The first-order valence-corrected chi connectivity index (χ1v) is 8.38. The van der Waals surface area contributed by atoms with Gasteiger partial charge in [0.15, 0.2) is 0 Å². The Hall–Kier alpha value is -1.38. The summed E-state index contributed by atoms with van der Waals surface area (Å²) in [5, 5.41) is 9.38. The predicted octanol–water partition coefficient (Wildman–Crippen LogP) is 1.87. The van der Waals surface area contributed by atoms with Crippen LogP contribution in [0.2, 0.25) is 0 Å². The van der Waals surface area contributed by atoms with Crippen molar-refractivity contribution in [3.05, 3.63) is 34.9 Å². The van der Waals surface area contributed by atoms with Crippen molar-refractivity contribution in [2.75, 3.05) is 19.6 Å². The molecule has 0 radical (unpaired) electrons. The molecule has 4 nitrogen and oxygen atoms in total. The van der Waals surface area contributed by atoms with Crippen molar-refractivity contribution in [1.82, 2.24) is 4.90 Å². The molecular weight excluding hydrogens is 272 g/mol. The van der Waals surface area contributed by atoms with Crippen LogP contribution in [0.1, 0.15) is 42.4 Å². The summed E-state index contributed by atoms with van der Waals surface area (Å²) in [6.07, 6.45) is 2.07. The summed E-state index contributed by atoms with van der Waals surface area (Å²) < 4.78 is 21.9. The van der Waals surface area contributed by atoms with Gasteiger partial charge >= 0.3 is 0 Å². The van der Waals surface area contributed by atoms with Gasteiger partial charge in [-0.3, -0.25) is 0 Å². The Morgan fingerprint density at radius 1 is 1.35 bits per heavy atom. The second kappa shape index (κ2) is 6.87. The Bertz CT molecular complexity index is 574. The minimum Gasteiger partial charge on any atom is -0.304 e. The summed E-state index contributed by atoms with van der Waals surface area (Å²) in [6, 6.07) is 7.81. The molecule has 0 amide bonds. The van der Waals surface area contributed by atoms with Gasteiger partial charge in [-0.15, -0.1) is 0 Å². The molecule has 108 valence electrons. The van der Waals surface area contributed by atoms with Gasteiger partial charge in [-0.25, -0.2) is 8.42 Å². The molecule has 0 N–H and O–H groups in total. The zero-order valence-corrected chi connectivity index (χ0v) is 12.6. The second-order valence-electron chi connectivity index (χ2n) is 5.19. The fraction of sp³-hybridized carbons (Fsp3) is 0.533. The van der Waals surface area contributed by atoms with Gasteiger partial charge in [0.25, 0.3) is 0 Å². The lowest BCUT2D eigenvalue weighted by atomic mass is 9.85. The average Bonchev–Trinajstić information content (AvgIpc) is 2.46. The minimum absolute atomic E-state index is 0.0418. The lowest BCUT2D eigenvalue weighted by Crippen LogP contribution is -2.32. The lowest BCUT2D eigenvalue weighted by molar-refractivity contribution is 0.222. The number of nitrogens with zero attached hydrogens (tertiary/aromatic N) is 2. The van der Waals surface area contributed by atoms with E-state index in [0.29, 0.717) is 17.0 Å². The number of hydrogen-bond donors (Lipinski definition) is 1. The van der Waals surface area contributed by atoms with Crippen molar-refractivity contribution < 1.29 is 8.42 Å². The predicted molar refractivity (Wildman–Crippen MR) is 79.3 cm³/mol. The third kappa shape index (κ3) is 3.38. The van der Waals surface area contributed by atoms with Crippen molar-refractivity contribution in [2.24, 2.45) is 0 Å². The normalized spacial score (nSPS) is 17.2. The van der Waals surface area contributed by atoms with E-state index >= 15 is 0 Å². The van der Waals surface area contributed by atoms with Crippen LogP contribution >= 0.6 is 0 Å². The van der Waals surface area contributed by atoms with Crippen LogP contribution < -0.4 is 0 Å². The summed E-state index contributed by atoms with van der Waals surface area (Å²) in [6.45, 7) is 5.32. The van der Waals surface area contributed by atoms with Crippen molar-refractivity contribution >= 4 is 10.7 Å². The largest absolute Gasteiger partial charge is 0.304 e. The van der Waals surface area contributed by atoms with Gasteiger partial charge in [0.2, 0.25) is 0 Å². The Kier molecular flexibility index (Phi) is 5.16. The first-order chi connectivity index (χ1) is 9.65. The molecule has 20 heavy (non-hydrogen) atoms. The Labute approximate surface area is 122 Å². The molecule has 2 rings (SSSR count). The van der Waals surface area contributed by atoms with Gasteiger partial charge in [0.1, 0.15) is 10.7 Å².